The minimum atomic E-state index is -0.843. The number of hydrogen-bond donors (Lipinski definition) is 3. The topological polar surface area (TPSA) is 95.9 Å². The van der Waals surface area contributed by atoms with Gasteiger partial charge in [-0.3, -0.25) is 9.59 Å². The summed E-state index contributed by atoms with van der Waals surface area (Å²) in [5.74, 6) is -0.0559. The van der Waals surface area contributed by atoms with Gasteiger partial charge in [0.25, 0.3) is 0 Å². The second-order valence-electron chi connectivity index (χ2n) is 24.9. The molecule has 3 N–H and O–H groups in total. The van der Waals surface area contributed by atoms with Crippen molar-refractivity contribution in [2.75, 3.05) is 13.2 Å². The van der Waals surface area contributed by atoms with Gasteiger partial charge in [-0.25, -0.2) is 0 Å². The number of carbonyl (C=O) groups is 2. The molecule has 0 bridgehead atoms. The predicted molar refractivity (Wildman–Crippen MR) is 352 cm³/mol. The Labute approximate surface area is 500 Å². The molecule has 0 heterocycles. The Kier molecular flexibility index (Phi) is 67.9. The van der Waals surface area contributed by atoms with Gasteiger partial charge < -0.3 is 20.3 Å². The van der Waals surface area contributed by atoms with E-state index in [1.54, 1.807) is 6.08 Å². The van der Waals surface area contributed by atoms with E-state index in [0.717, 1.165) is 51.4 Å². The van der Waals surface area contributed by atoms with E-state index in [2.05, 4.69) is 43.5 Å². The third kappa shape index (κ3) is 65.2. The maximum atomic E-state index is 12.5. The van der Waals surface area contributed by atoms with Crippen LogP contribution < -0.4 is 5.32 Å². The number of amides is 1. The van der Waals surface area contributed by atoms with Crippen molar-refractivity contribution in [3.05, 3.63) is 36.5 Å². The van der Waals surface area contributed by atoms with E-state index in [-0.39, 0.29) is 18.5 Å². The number of rotatable bonds is 68. The first-order chi connectivity index (χ1) is 39.5. The van der Waals surface area contributed by atoms with E-state index in [1.165, 1.54) is 321 Å². The van der Waals surface area contributed by atoms with Gasteiger partial charge >= 0.3 is 5.97 Å². The van der Waals surface area contributed by atoms with Gasteiger partial charge in [0.1, 0.15) is 0 Å². The maximum absolute atomic E-state index is 12.5. The fraction of sp³-hybridized carbons (Fsp3) is 0.892. The quantitative estimate of drug-likeness (QED) is 0.0320. The molecule has 0 saturated carbocycles. The van der Waals surface area contributed by atoms with E-state index in [1.807, 2.05) is 6.08 Å². The molecule has 80 heavy (non-hydrogen) atoms. The number of aliphatic hydroxyl groups excluding tert-OH is 2. The second kappa shape index (κ2) is 69.6. The Morgan fingerprint density at radius 1 is 0.350 bits per heavy atom. The van der Waals surface area contributed by atoms with E-state index < -0.39 is 12.1 Å². The molecule has 0 radical (unpaired) electrons. The van der Waals surface area contributed by atoms with E-state index in [0.29, 0.717) is 19.4 Å². The highest BCUT2D eigenvalue weighted by atomic mass is 16.5. The fourth-order valence-electron chi connectivity index (χ4n) is 11.4. The lowest BCUT2D eigenvalue weighted by Crippen LogP contribution is -2.45. The summed E-state index contributed by atoms with van der Waals surface area (Å²) in [5.41, 5.74) is 0. The Balaban J connectivity index is 3.37. The molecule has 1 amide bonds. The van der Waals surface area contributed by atoms with Crippen LogP contribution in [0.3, 0.4) is 0 Å². The number of hydrogen-bond acceptors (Lipinski definition) is 5. The highest BCUT2D eigenvalue weighted by Gasteiger charge is 2.18. The molecule has 0 aromatic rings. The zero-order valence-corrected chi connectivity index (χ0v) is 54.1. The zero-order chi connectivity index (χ0) is 57.8. The van der Waals surface area contributed by atoms with E-state index in [4.69, 9.17) is 4.74 Å². The lowest BCUT2D eigenvalue weighted by Gasteiger charge is -2.20. The van der Waals surface area contributed by atoms with E-state index >= 15 is 0 Å². The van der Waals surface area contributed by atoms with Crippen LogP contribution in [0.25, 0.3) is 0 Å². The lowest BCUT2D eigenvalue weighted by atomic mass is 10.0. The molecule has 0 fully saturated rings. The summed E-state index contributed by atoms with van der Waals surface area (Å²) in [6.45, 7) is 4.90. The van der Waals surface area contributed by atoms with Gasteiger partial charge in [0, 0.05) is 12.8 Å². The summed E-state index contributed by atoms with van der Waals surface area (Å²) < 4.78 is 5.48. The van der Waals surface area contributed by atoms with Crippen LogP contribution in [-0.4, -0.2) is 47.4 Å². The van der Waals surface area contributed by atoms with Crippen LogP contribution in [0.15, 0.2) is 36.5 Å². The fourth-order valence-corrected chi connectivity index (χ4v) is 11.4. The smallest absolute Gasteiger partial charge is 0.305 e. The maximum Gasteiger partial charge on any atom is 0.305 e. The number of ether oxygens (including phenoxy) is 1. The largest absolute Gasteiger partial charge is 0.466 e. The highest BCUT2D eigenvalue weighted by Crippen LogP contribution is 2.19. The third-order valence-corrected chi connectivity index (χ3v) is 16.9. The SMILES string of the molecule is CCCC/C=C\C/C=C\CCCCCCCC(=O)OCCCCCCCCCCCCCCCCCCCCCCCCCCCCCCCC(=O)NC(CO)C(O)/C=C/CCCCCCCCCCCCCCCCCCCC. The van der Waals surface area contributed by atoms with Crippen molar-refractivity contribution < 1.29 is 24.5 Å². The number of allylic oxidation sites excluding steroid dienone is 5. The molecule has 2 unspecified atom stereocenters. The third-order valence-electron chi connectivity index (χ3n) is 16.9. The normalized spacial score (nSPS) is 12.7. The van der Waals surface area contributed by atoms with Crippen molar-refractivity contribution in [2.24, 2.45) is 0 Å². The molecule has 0 rings (SSSR count). The molecule has 472 valence electrons. The summed E-state index contributed by atoms with van der Waals surface area (Å²) in [6, 6.07) is -0.626. The standard InChI is InChI=1S/C74H141NO5/c1-3-5-7-9-11-13-15-17-19-20-21-33-36-39-42-46-50-54-58-62-66-72(77)71(70-76)75-73(78)67-63-59-55-51-47-43-40-37-34-31-29-27-25-23-22-24-26-28-30-32-35-38-41-45-49-53-57-61-65-69-80-74(79)68-64-60-56-52-48-44-18-16-14-12-10-8-6-4-2/h10,12,16,18,62,66,71-72,76-77H,3-9,11,13-15,17,19-61,63-65,67-70H2,1-2H3,(H,75,78)/b12-10-,18-16-,66-62+. The lowest BCUT2D eigenvalue weighted by molar-refractivity contribution is -0.143. The molecule has 0 aromatic carbocycles. The minimum absolute atomic E-state index is 0.00489. The van der Waals surface area contributed by atoms with Gasteiger partial charge in [-0.05, 0) is 57.8 Å². The first-order valence-electron chi connectivity index (χ1n) is 36.3. The number of carbonyl (C=O) groups excluding carboxylic acids is 2. The minimum Gasteiger partial charge on any atom is -0.466 e. The molecule has 2 atom stereocenters. The molecular weight excluding hydrogens is 983 g/mol. The Morgan fingerprint density at radius 3 is 0.988 bits per heavy atom. The summed E-state index contributed by atoms with van der Waals surface area (Å²) in [4.78, 5) is 24.6. The first kappa shape index (κ1) is 78.1. The van der Waals surface area contributed by atoms with E-state index in [9.17, 15) is 19.8 Å². The average molecular weight is 1120 g/mol. The van der Waals surface area contributed by atoms with Crippen LogP contribution in [0.5, 0.6) is 0 Å². The number of aliphatic hydroxyl groups is 2. The summed E-state index contributed by atoms with van der Waals surface area (Å²) in [6.07, 6.45) is 89.5. The van der Waals surface area contributed by atoms with Crippen LogP contribution in [0.2, 0.25) is 0 Å². The Hall–Kier alpha value is -1.92. The second-order valence-corrected chi connectivity index (χ2v) is 24.9. The van der Waals surface area contributed by atoms with Crippen molar-refractivity contribution in [3.8, 4) is 0 Å². The molecule has 0 spiro atoms. The molecule has 0 aliphatic carbocycles. The highest BCUT2D eigenvalue weighted by molar-refractivity contribution is 5.76. The van der Waals surface area contributed by atoms with Crippen molar-refractivity contribution in [1.82, 2.24) is 5.32 Å². The van der Waals surface area contributed by atoms with Crippen LogP contribution in [0.4, 0.5) is 0 Å². The average Bonchev–Trinajstić information content (AvgIpc) is 3.46. The molecule has 6 nitrogen and oxygen atoms in total. The summed E-state index contributed by atoms with van der Waals surface area (Å²) in [5, 5.41) is 23.3. The Bertz CT molecular complexity index is 1300. The number of esters is 1. The Morgan fingerprint density at radius 2 is 0.637 bits per heavy atom. The van der Waals surface area contributed by atoms with Gasteiger partial charge in [-0.2, -0.15) is 0 Å². The van der Waals surface area contributed by atoms with Gasteiger partial charge in [-0.15, -0.1) is 0 Å². The molecule has 6 heteroatoms. The first-order valence-corrected chi connectivity index (χ1v) is 36.3. The molecule has 0 aliphatic rings. The van der Waals surface area contributed by atoms with Crippen LogP contribution in [0.1, 0.15) is 399 Å². The molecule has 0 aromatic heterocycles. The number of nitrogens with one attached hydrogen (secondary N) is 1. The number of unbranched alkanes of at least 4 members (excludes halogenated alkanes) is 53. The van der Waals surface area contributed by atoms with Crippen molar-refractivity contribution in [1.29, 1.82) is 0 Å². The van der Waals surface area contributed by atoms with Gasteiger partial charge in [0.2, 0.25) is 5.91 Å². The van der Waals surface area contributed by atoms with Gasteiger partial charge in [-0.1, -0.05) is 365 Å². The van der Waals surface area contributed by atoms with Crippen molar-refractivity contribution in [2.45, 2.75) is 411 Å². The summed E-state index contributed by atoms with van der Waals surface area (Å²) in [7, 11) is 0. The van der Waals surface area contributed by atoms with Crippen LogP contribution in [0, 0.1) is 0 Å². The van der Waals surface area contributed by atoms with Crippen molar-refractivity contribution in [3.63, 3.8) is 0 Å². The van der Waals surface area contributed by atoms with Crippen molar-refractivity contribution >= 4 is 11.9 Å². The van der Waals surface area contributed by atoms with Crippen LogP contribution in [-0.2, 0) is 14.3 Å². The van der Waals surface area contributed by atoms with Crippen LogP contribution >= 0.6 is 0 Å². The predicted octanol–water partition coefficient (Wildman–Crippen LogP) is 23.5. The molecule has 0 aliphatic heterocycles. The monoisotopic (exact) mass is 1120 g/mol. The van der Waals surface area contributed by atoms with Gasteiger partial charge in [0.05, 0.1) is 25.4 Å². The molecule has 0 saturated heterocycles. The molecular formula is C74H141NO5. The zero-order valence-electron chi connectivity index (χ0n) is 54.1. The summed E-state index contributed by atoms with van der Waals surface area (Å²) >= 11 is 0. The van der Waals surface area contributed by atoms with Gasteiger partial charge in [0.15, 0.2) is 0 Å².